The first kappa shape index (κ1) is 22.6. The number of hydrogen-bond acceptors (Lipinski definition) is 5. The first-order chi connectivity index (χ1) is 13.7. The van der Waals surface area contributed by atoms with E-state index in [9.17, 15) is 0 Å². The van der Waals surface area contributed by atoms with Crippen LogP contribution in [0.2, 0.25) is 0 Å². The molecule has 0 bridgehead atoms. The topological polar surface area (TPSA) is 89.2 Å². The third-order valence-electron chi connectivity index (χ3n) is 4.34. The van der Waals surface area contributed by atoms with Crippen molar-refractivity contribution in [1.82, 2.24) is 30.4 Å². The summed E-state index contributed by atoms with van der Waals surface area (Å²) in [4.78, 5) is 9.02. The number of pyridine rings is 1. The van der Waals surface area contributed by atoms with Crippen LogP contribution in [-0.2, 0) is 26.7 Å². The van der Waals surface area contributed by atoms with Crippen LogP contribution < -0.4 is 15.4 Å². The van der Waals surface area contributed by atoms with Gasteiger partial charge in [-0.25, -0.2) is 4.99 Å². The fourth-order valence-electron chi connectivity index (χ4n) is 2.52. The van der Waals surface area contributed by atoms with Gasteiger partial charge >= 0.3 is 0 Å². The second-order valence-corrected chi connectivity index (χ2v) is 6.26. The van der Waals surface area contributed by atoms with Crippen molar-refractivity contribution in [3.05, 3.63) is 71.6 Å². The summed E-state index contributed by atoms with van der Waals surface area (Å²) in [7, 11) is 3.60. The van der Waals surface area contributed by atoms with Crippen LogP contribution in [0.3, 0.4) is 0 Å². The van der Waals surface area contributed by atoms with Crippen molar-refractivity contribution in [2.24, 2.45) is 12.0 Å². The molecular formula is C20H26IN7O. The van der Waals surface area contributed by atoms with E-state index in [4.69, 9.17) is 4.74 Å². The van der Waals surface area contributed by atoms with Gasteiger partial charge in [0.05, 0.1) is 32.4 Å². The summed E-state index contributed by atoms with van der Waals surface area (Å²) in [6.07, 6.45) is 1.78. The highest BCUT2D eigenvalue weighted by molar-refractivity contribution is 14.0. The molecule has 2 aromatic heterocycles. The van der Waals surface area contributed by atoms with Gasteiger partial charge in [0.1, 0.15) is 11.6 Å². The maximum Gasteiger partial charge on any atom is 0.192 e. The van der Waals surface area contributed by atoms with Crippen LogP contribution in [0, 0.1) is 6.92 Å². The van der Waals surface area contributed by atoms with E-state index in [0.29, 0.717) is 25.6 Å². The van der Waals surface area contributed by atoms with Crippen LogP contribution in [0.5, 0.6) is 5.75 Å². The molecule has 0 unspecified atom stereocenters. The smallest absolute Gasteiger partial charge is 0.192 e. The number of benzene rings is 1. The summed E-state index contributed by atoms with van der Waals surface area (Å²) in [6.45, 7) is 3.56. The molecule has 1 aromatic carbocycles. The molecule has 0 amide bonds. The molecule has 0 saturated carbocycles. The van der Waals surface area contributed by atoms with Gasteiger partial charge in [0, 0.05) is 13.2 Å². The average molecular weight is 507 g/mol. The molecule has 2 heterocycles. The summed E-state index contributed by atoms with van der Waals surface area (Å²) < 4.78 is 7.15. The lowest BCUT2D eigenvalue weighted by Gasteiger charge is -2.12. The van der Waals surface area contributed by atoms with E-state index < -0.39 is 0 Å². The number of guanidine groups is 1. The Kier molecular flexibility index (Phi) is 8.84. The minimum atomic E-state index is 0. The lowest BCUT2D eigenvalue weighted by Crippen LogP contribution is -2.37. The van der Waals surface area contributed by atoms with Crippen molar-refractivity contribution in [2.75, 3.05) is 7.11 Å². The number of methoxy groups -OCH3 is 1. The number of aliphatic imine (C=N–C) groups is 1. The molecular weight excluding hydrogens is 481 g/mol. The SMILES string of the molecule is COc1ccc(CN=C(NCc2ccccn2)NCc2nnc(C)n2C)cc1.I. The van der Waals surface area contributed by atoms with Crippen molar-refractivity contribution >= 4 is 29.9 Å². The third-order valence-corrected chi connectivity index (χ3v) is 4.34. The maximum atomic E-state index is 5.20. The van der Waals surface area contributed by atoms with E-state index in [1.54, 1.807) is 13.3 Å². The van der Waals surface area contributed by atoms with Gasteiger partial charge in [-0.1, -0.05) is 18.2 Å². The number of nitrogens with one attached hydrogen (secondary N) is 2. The number of hydrogen-bond donors (Lipinski definition) is 2. The highest BCUT2D eigenvalue weighted by atomic mass is 127. The zero-order valence-corrected chi connectivity index (χ0v) is 19.1. The van der Waals surface area contributed by atoms with Crippen LogP contribution in [-0.4, -0.2) is 32.8 Å². The van der Waals surface area contributed by atoms with E-state index in [2.05, 4.69) is 30.8 Å². The Morgan fingerprint density at radius 3 is 2.45 bits per heavy atom. The number of rotatable bonds is 7. The number of halogens is 1. The van der Waals surface area contributed by atoms with Gasteiger partial charge in [-0.2, -0.15) is 0 Å². The third kappa shape index (κ3) is 6.70. The van der Waals surface area contributed by atoms with Gasteiger partial charge in [0.25, 0.3) is 0 Å². The van der Waals surface area contributed by atoms with Crippen molar-refractivity contribution in [2.45, 2.75) is 26.6 Å². The van der Waals surface area contributed by atoms with Crippen LogP contribution in [0.1, 0.15) is 22.9 Å². The molecule has 0 spiro atoms. The second-order valence-electron chi connectivity index (χ2n) is 6.26. The lowest BCUT2D eigenvalue weighted by molar-refractivity contribution is 0.414. The first-order valence-corrected chi connectivity index (χ1v) is 9.05. The number of aryl methyl sites for hydroxylation is 1. The molecule has 0 radical (unpaired) electrons. The van der Waals surface area contributed by atoms with Gasteiger partial charge in [-0.15, -0.1) is 34.2 Å². The Hall–Kier alpha value is -2.69. The predicted octanol–water partition coefficient (Wildman–Crippen LogP) is 2.58. The molecule has 3 aromatic rings. The molecule has 0 aliphatic carbocycles. The van der Waals surface area contributed by atoms with Gasteiger partial charge in [0.15, 0.2) is 11.8 Å². The molecule has 0 aliphatic heterocycles. The maximum absolute atomic E-state index is 5.20. The van der Waals surface area contributed by atoms with E-state index in [1.807, 2.05) is 61.0 Å². The first-order valence-electron chi connectivity index (χ1n) is 9.05. The van der Waals surface area contributed by atoms with Crippen molar-refractivity contribution < 1.29 is 4.74 Å². The average Bonchev–Trinajstić information content (AvgIpc) is 3.06. The van der Waals surface area contributed by atoms with E-state index in [1.165, 1.54) is 0 Å². The molecule has 0 fully saturated rings. The largest absolute Gasteiger partial charge is 0.497 e. The van der Waals surface area contributed by atoms with Crippen molar-refractivity contribution in [1.29, 1.82) is 0 Å². The van der Waals surface area contributed by atoms with Crippen LogP contribution in [0.25, 0.3) is 0 Å². The van der Waals surface area contributed by atoms with Crippen LogP contribution in [0.15, 0.2) is 53.7 Å². The number of ether oxygens (including phenoxy) is 1. The van der Waals surface area contributed by atoms with Gasteiger partial charge in [-0.05, 0) is 36.8 Å². The molecule has 9 heteroatoms. The lowest BCUT2D eigenvalue weighted by atomic mass is 10.2. The Bertz CT molecular complexity index is 910. The normalized spacial score (nSPS) is 10.9. The fraction of sp³-hybridized carbons (Fsp3) is 0.300. The molecule has 0 saturated heterocycles. The van der Waals surface area contributed by atoms with Gasteiger partial charge < -0.3 is 19.9 Å². The fourth-order valence-corrected chi connectivity index (χ4v) is 2.52. The van der Waals surface area contributed by atoms with E-state index >= 15 is 0 Å². The standard InChI is InChI=1S/C20H25N7O.HI/c1-15-25-26-19(27(15)2)14-24-20(23-13-17-6-4-5-11-21-17)22-12-16-7-9-18(28-3)10-8-16;/h4-11H,12-14H2,1-3H3,(H2,22,23,24);1H. The Balaban J connectivity index is 0.00000300. The Morgan fingerprint density at radius 1 is 1.07 bits per heavy atom. The highest BCUT2D eigenvalue weighted by Gasteiger charge is 2.07. The quantitative estimate of drug-likeness (QED) is 0.291. The molecule has 3 rings (SSSR count). The Morgan fingerprint density at radius 2 is 1.83 bits per heavy atom. The zero-order valence-electron chi connectivity index (χ0n) is 16.8. The molecule has 2 N–H and O–H groups in total. The highest BCUT2D eigenvalue weighted by Crippen LogP contribution is 2.11. The minimum Gasteiger partial charge on any atom is -0.497 e. The van der Waals surface area contributed by atoms with Gasteiger partial charge in [-0.3, -0.25) is 4.98 Å². The van der Waals surface area contributed by atoms with Gasteiger partial charge in [0.2, 0.25) is 0 Å². The molecule has 0 aliphatic rings. The monoisotopic (exact) mass is 507 g/mol. The van der Waals surface area contributed by atoms with Crippen molar-refractivity contribution in [3.8, 4) is 5.75 Å². The zero-order chi connectivity index (χ0) is 19.8. The Labute approximate surface area is 187 Å². The number of aromatic nitrogens is 4. The summed E-state index contributed by atoms with van der Waals surface area (Å²) in [5.74, 6) is 3.23. The van der Waals surface area contributed by atoms with E-state index in [0.717, 1.165) is 28.7 Å². The molecule has 29 heavy (non-hydrogen) atoms. The van der Waals surface area contributed by atoms with E-state index in [-0.39, 0.29) is 24.0 Å². The minimum absolute atomic E-state index is 0. The molecule has 8 nitrogen and oxygen atoms in total. The van der Waals surface area contributed by atoms with Crippen LogP contribution in [0.4, 0.5) is 0 Å². The molecule has 0 atom stereocenters. The van der Waals surface area contributed by atoms with Crippen LogP contribution >= 0.6 is 24.0 Å². The predicted molar refractivity (Wildman–Crippen MR) is 123 cm³/mol. The molecule has 154 valence electrons. The summed E-state index contributed by atoms with van der Waals surface area (Å²) >= 11 is 0. The summed E-state index contributed by atoms with van der Waals surface area (Å²) in [5.41, 5.74) is 2.03. The number of nitrogens with zero attached hydrogens (tertiary/aromatic N) is 5. The summed E-state index contributed by atoms with van der Waals surface area (Å²) in [5, 5.41) is 14.9. The van der Waals surface area contributed by atoms with Crippen molar-refractivity contribution in [3.63, 3.8) is 0 Å². The second kappa shape index (κ2) is 11.3. The summed E-state index contributed by atoms with van der Waals surface area (Å²) in [6, 6.07) is 13.7.